The fourth-order valence-corrected chi connectivity index (χ4v) is 0.644. The Bertz CT molecular complexity index is 142. The van der Waals surface area contributed by atoms with E-state index < -0.39 is 31.0 Å². The fourth-order valence-electron chi connectivity index (χ4n) is 0.644. The Morgan fingerprint density at radius 1 is 1.25 bits per heavy atom. The van der Waals surface area contributed by atoms with E-state index in [2.05, 4.69) is 0 Å². The maximum atomic E-state index is 10.0. The molecule has 12 heavy (non-hydrogen) atoms. The molecule has 0 aromatic heterocycles. The number of carbonyl (C=O) groups excluding carboxylic acids is 1. The molecule has 6 heteroatoms. The van der Waals surface area contributed by atoms with Crippen molar-refractivity contribution in [2.24, 2.45) is 5.73 Å². The average Bonchev–Trinajstić information content (AvgIpc) is 2.12. The molecule has 0 aromatic rings. The van der Waals surface area contributed by atoms with Gasteiger partial charge in [-0.1, -0.05) is 0 Å². The molecule has 6 N–H and O–H groups in total. The van der Waals surface area contributed by atoms with Gasteiger partial charge in [-0.05, 0) is 0 Å². The van der Waals surface area contributed by atoms with Gasteiger partial charge in [0.25, 0.3) is 0 Å². The standard InChI is InChI=1S/C6H13NO5/c7-3(1-8)5(11)6(12)4(10)2-9/h1,3-6,9-12H,2,7H2/t3?,4-,5+,6+/m1/s1. The Hall–Kier alpha value is -0.530. The summed E-state index contributed by atoms with van der Waals surface area (Å²) in [7, 11) is 0. The van der Waals surface area contributed by atoms with Crippen LogP contribution in [0, 0.1) is 0 Å². The highest BCUT2D eigenvalue weighted by Crippen LogP contribution is 2.01. The van der Waals surface area contributed by atoms with Crippen LogP contribution in [0.2, 0.25) is 0 Å². The van der Waals surface area contributed by atoms with Crippen molar-refractivity contribution < 1.29 is 25.2 Å². The minimum absolute atomic E-state index is 0.248. The van der Waals surface area contributed by atoms with E-state index in [1.54, 1.807) is 0 Å². The summed E-state index contributed by atoms with van der Waals surface area (Å²) in [4.78, 5) is 10.0. The first-order chi connectivity index (χ1) is 5.54. The summed E-state index contributed by atoms with van der Waals surface area (Å²) in [5.41, 5.74) is 5.04. The van der Waals surface area contributed by atoms with Crippen molar-refractivity contribution in [2.75, 3.05) is 6.61 Å². The van der Waals surface area contributed by atoms with Crippen molar-refractivity contribution in [3.63, 3.8) is 0 Å². The zero-order valence-corrected chi connectivity index (χ0v) is 6.37. The van der Waals surface area contributed by atoms with E-state index >= 15 is 0 Å². The molecule has 0 radical (unpaired) electrons. The van der Waals surface area contributed by atoms with Gasteiger partial charge in [0.05, 0.1) is 12.6 Å². The van der Waals surface area contributed by atoms with Gasteiger partial charge < -0.3 is 31.0 Å². The van der Waals surface area contributed by atoms with Gasteiger partial charge in [-0.25, -0.2) is 0 Å². The molecule has 1 unspecified atom stereocenters. The Labute approximate surface area is 69.2 Å². The number of hydrogen-bond donors (Lipinski definition) is 5. The third kappa shape index (κ3) is 2.84. The second-order valence-electron chi connectivity index (χ2n) is 2.44. The Morgan fingerprint density at radius 2 is 1.75 bits per heavy atom. The Kier molecular flexibility index (Phi) is 4.95. The molecule has 0 aliphatic rings. The van der Waals surface area contributed by atoms with Crippen molar-refractivity contribution in [3.8, 4) is 0 Å². The highest BCUT2D eigenvalue weighted by atomic mass is 16.4. The molecule has 0 heterocycles. The third-order valence-corrected chi connectivity index (χ3v) is 1.48. The summed E-state index contributed by atoms with van der Waals surface area (Å²) in [5.74, 6) is 0. The molecule has 6 nitrogen and oxygen atoms in total. The summed E-state index contributed by atoms with van der Waals surface area (Å²) < 4.78 is 0. The minimum Gasteiger partial charge on any atom is -0.394 e. The van der Waals surface area contributed by atoms with Crippen molar-refractivity contribution in [1.82, 2.24) is 0 Å². The maximum absolute atomic E-state index is 10.0. The summed E-state index contributed by atoms with van der Waals surface area (Å²) in [5, 5.41) is 35.2. The third-order valence-electron chi connectivity index (χ3n) is 1.48. The quantitative estimate of drug-likeness (QED) is 0.280. The highest BCUT2D eigenvalue weighted by Gasteiger charge is 2.28. The van der Waals surface area contributed by atoms with Gasteiger partial charge in [-0.3, -0.25) is 0 Å². The van der Waals surface area contributed by atoms with Gasteiger partial charge >= 0.3 is 0 Å². The number of rotatable bonds is 5. The molecule has 4 atom stereocenters. The lowest BCUT2D eigenvalue weighted by Gasteiger charge is -2.23. The van der Waals surface area contributed by atoms with Crippen molar-refractivity contribution in [1.29, 1.82) is 0 Å². The van der Waals surface area contributed by atoms with Crippen molar-refractivity contribution in [2.45, 2.75) is 24.4 Å². The van der Waals surface area contributed by atoms with E-state index in [-0.39, 0.29) is 6.29 Å². The van der Waals surface area contributed by atoms with E-state index in [0.29, 0.717) is 0 Å². The zero-order chi connectivity index (χ0) is 9.72. The molecule has 72 valence electrons. The second-order valence-corrected chi connectivity index (χ2v) is 2.44. The molecular formula is C6H13NO5. The van der Waals surface area contributed by atoms with E-state index in [9.17, 15) is 4.79 Å². The molecule has 0 rings (SSSR count). The van der Waals surface area contributed by atoms with Crippen LogP contribution in [0.1, 0.15) is 0 Å². The zero-order valence-electron chi connectivity index (χ0n) is 6.37. The summed E-state index contributed by atoms with van der Waals surface area (Å²) >= 11 is 0. The monoisotopic (exact) mass is 179 g/mol. The van der Waals surface area contributed by atoms with Crippen LogP contribution in [0.15, 0.2) is 0 Å². The summed E-state index contributed by atoms with van der Waals surface area (Å²) in [6.07, 6.45) is -4.43. The first kappa shape index (κ1) is 11.5. The molecule has 0 aliphatic heterocycles. The Morgan fingerprint density at radius 3 is 2.08 bits per heavy atom. The van der Waals surface area contributed by atoms with Crippen LogP contribution in [0.4, 0.5) is 0 Å². The number of nitrogens with two attached hydrogens (primary N) is 1. The summed E-state index contributed by atoms with van der Waals surface area (Å²) in [6.45, 7) is -0.705. The van der Waals surface area contributed by atoms with E-state index in [4.69, 9.17) is 26.2 Å². The van der Waals surface area contributed by atoms with Gasteiger partial charge in [0, 0.05) is 0 Å². The first-order valence-corrected chi connectivity index (χ1v) is 3.40. The maximum Gasteiger partial charge on any atom is 0.139 e. The van der Waals surface area contributed by atoms with Crippen LogP contribution in [0.25, 0.3) is 0 Å². The van der Waals surface area contributed by atoms with Crippen LogP contribution in [0.5, 0.6) is 0 Å². The van der Waals surface area contributed by atoms with Crippen LogP contribution in [-0.2, 0) is 4.79 Å². The smallest absolute Gasteiger partial charge is 0.139 e. The molecule has 0 amide bonds. The number of aliphatic hydroxyl groups excluding tert-OH is 4. The van der Waals surface area contributed by atoms with Crippen molar-refractivity contribution >= 4 is 6.29 Å². The van der Waals surface area contributed by atoms with Crippen molar-refractivity contribution in [3.05, 3.63) is 0 Å². The lowest BCUT2D eigenvalue weighted by molar-refractivity contribution is -0.118. The lowest BCUT2D eigenvalue weighted by atomic mass is 10.0. The molecule has 0 saturated heterocycles. The molecular weight excluding hydrogens is 166 g/mol. The lowest BCUT2D eigenvalue weighted by Crippen LogP contribution is -2.49. The molecule has 0 fully saturated rings. The number of aliphatic hydroxyl groups is 4. The second kappa shape index (κ2) is 5.18. The molecule has 0 spiro atoms. The van der Waals surface area contributed by atoms with Crippen LogP contribution in [0.3, 0.4) is 0 Å². The predicted octanol–water partition coefficient (Wildman–Crippen LogP) is -3.41. The van der Waals surface area contributed by atoms with Gasteiger partial charge in [0.1, 0.15) is 24.6 Å². The van der Waals surface area contributed by atoms with E-state index in [0.717, 1.165) is 0 Å². The first-order valence-electron chi connectivity index (χ1n) is 3.40. The normalized spacial score (nSPS) is 21.1. The SMILES string of the molecule is NC(C=O)[C@H](O)[C@@H](O)[C@H](O)CO. The largest absolute Gasteiger partial charge is 0.394 e. The van der Waals surface area contributed by atoms with Gasteiger partial charge in [0.2, 0.25) is 0 Å². The fraction of sp³-hybridized carbons (Fsp3) is 0.833. The number of aldehydes is 1. The van der Waals surface area contributed by atoms with Crippen LogP contribution in [-0.4, -0.2) is 57.7 Å². The van der Waals surface area contributed by atoms with Crippen LogP contribution >= 0.6 is 0 Å². The van der Waals surface area contributed by atoms with E-state index in [1.165, 1.54) is 0 Å². The average molecular weight is 179 g/mol. The molecule has 0 bridgehead atoms. The number of carbonyl (C=O) groups is 1. The predicted molar refractivity (Wildman–Crippen MR) is 39.1 cm³/mol. The molecule has 0 saturated carbocycles. The van der Waals surface area contributed by atoms with E-state index in [1.807, 2.05) is 0 Å². The van der Waals surface area contributed by atoms with Gasteiger partial charge in [-0.15, -0.1) is 0 Å². The van der Waals surface area contributed by atoms with Crippen LogP contribution < -0.4 is 5.73 Å². The van der Waals surface area contributed by atoms with Gasteiger partial charge in [0.15, 0.2) is 0 Å². The molecule has 0 aromatic carbocycles. The minimum atomic E-state index is -1.62. The highest BCUT2D eigenvalue weighted by molar-refractivity contribution is 5.58. The number of hydrogen-bond acceptors (Lipinski definition) is 6. The Balaban J connectivity index is 4.07. The van der Waals surface area contributed by atoms with Gasteiger partial charge in [-0.2, -0.15) is 0 Å². The molecule has 0 aliphatic carbocycles. The topological polar surface area (TPSA) is 124 Å². The summed E-state index contributed by atoms with van der Waals surface area (Å²) in [6, 6.07) is -1.26.